The van der Waals surface area contributed by atoms with Crippen LogP contribution >= 0.6 is 11.6 Å². The molecule has 0 radical (unpaired) electrons. The highest BCUT2D eigenvalue weighted by Gasteiger charge is 2.16. The second-order valence-electron chi connectivity index (χ2n) is 3.75. The highest BCUT2D eigenvalue weighted by molar-refractivity contribution is 6.18. The van der Waals surface area contributed by atoms with Crippen LogP contribution < -0.4 is 5.32 Å². The average molecular weight is 194 g/mol. The fourth-order valence-electron chi connectivity index (χ4n) is 0.550. The van der Waals surface area contributed by atoms with Gasteiger partial charge in [0.2, 0.25) is 0 Å². The normalized spacial score (nSPS) is 13.8. The van der Waals surface area contributed by atoms with Gasteiger partial charge in [0.25, 0.3) is 0 Å². The molecule has 1 N–H and O–H groups in total. The van der Waals surface area contributed by atoms with Crippen LogP contribution in [0.4, 0.5) is 4.79 Å². The van der Waals surface area contributed by atoms with E-state index in [0.29, 0.717) is 5.88 Å². The Bertz CT molecular complexity index is 154. The molecule has 1 unspecified atom stereocenters. The monoisotopic (exact) mass is 193 g/mol. The van der Waals surface area contributed by atoms with Crippen LogP contribution in [0, 0.1) is 0 Å². The molecule has 0 aromatic rings. The Hall–Kier alpha value is -0.440. The van der Waals surface area contributed by atoms with Crippen molar-refractivity contribution >= 4 is 17.7 Å². The summed E-state index contributed by atoms with van der Waals surface area (Å²) in [5, 5.41) is 2.66. The van der Waals surface area contributed by atoms with E-state index in [1.807, 2.05) is 20.8 Å². The molecule has 0 saturated carbocycles. The van der Waals surface area contributed by atoms with Crippen LogP contribution in [0.15, 0.2) is 0 Å². The Morgan fingerprint density at radius 2 is 2.08 bits per heavy atom. The number of carbonyl (C=O) groups excluding carboxylic acids is 1. The van der Waals surface area contributed by atoms with Crippen LogP contribution in [0.25, 0.3) is 0 Å². The van der Waals surface area contributed by atoms with Crippen molar-refractivity contribution in [2.75, 3.05) is 5.88 Å². The molecule has 0 aliphatic rings. The minimum atomic E-state index is -0.421. The van der Waals surface area contributed by atoms with Gasteiger partial charge in [-0.1, -0.05) is 0 Å². The van der Waals surface area contributed by atoms with Gasteiger partial charge in [-0.15, -0.1) is 11.6 Å². The molecular weight excluding hydrogens is 178 g/mol. The first-order valence-corrected chi connectivity index (χ1v) is 4.43. The molecule has 72 valence electrons. The first-order chi connectivity index (χ1) is 5.35. The molecule has 0 aromatic heterocycles. The van der Waals surface area contributed by atoms with Crippen LogP contribution in [0.5, 0.6) is 0 Å². The number of hydrogen-bond donors (Lipinski definition) is 1. The molecule has 4 heteroatoms. The summed E-state index contributed by atoms with van der Waals surface area (Å²) in [6, 6.07) is 0. The van der Waals surface area contributed by atoms with Crippen molar-refractivity contribution in [3.05, 3.63) is 0 Å². The lowest BCUT2D eigenvalue weighted by molar-refractivity contribution is 0.110. The second kappa shape index (κ2) is 4.55. The SMILES string of the molecule is CC(CCl)OC(=O)NC(C)(C)C. The summed E-state index contributed by atoms with van der Waals surface area (Å²) in [5.41, 5.74) is -0.261. The van der Waals surface area contributed by atoms with Crippen molar-refractivity contribution in [2.45, 2.75) is 39.3 Å². The van der Waals surface area contributed by atoms with Crippen molar-refractivity contribution < 1.29 is 9.53 Å². The van der Waals surface area contributed by atoms with Gasteiger partial charge in [-0.2, -0.15) is 0 Å². The summed E-state index contributed by atoms with van der Waals surface area (Å²) in [6.07, 6.45) is -0.662. The third kappa shape index (κ3) is 6.28. The van der Waals surface area contributed by atoms with Crippen LogP contribution in [0.1, 0.15) is 27.7 Å². The highest BCUT2D eigenvalue weighted by atomic mass is 35.5. The Labute approximate surface area is 78.4 Å². The van der Waals surface area contributed by atoms with Gasteiger partial charge in [-0.05, 0) is 27.7 Å². The topological polar surface area (TPSA) is 38.3 Å². The number of alkyl halides is 1. The molecule has 0 bridgehead atoms. The van der Waals surface area contributed by atoms with Gasteiger partial charge in [0.15, 0.2) is 0 Å². The lowest BCUT2D eigenvalue weighted by Gasteiger charge is -2.21. The molecule has 0 heterocycles. The zero-order valence-electron chi connectivity index (χ0n) is 7.98. The molecule has 1 atom stereocenters. The van der Waals surface area contributed by atoms with E-state index in [2.05, 4.69) is 5.32 Å². The maximum absolute atomic E-state index is 11.0. The number of carbonyl (C=O) groups is 1. The predicted octanol–water partition coefficient (Wildman–Crippen LogP) is 2.14. The Kier molecular flexibility index (Phi) is 4.39. The molecule has 0 rings (SSSR count). The summed E-state index contributed by atoms with van der Waals surface area (Å²) in [6.45, 7) is 7.41. The fraction of sp³-hybridized carbons (Fsp3) is 0.875. The molecule has 0 aliphatic heterocycles. The average Bonchev–Trinajstić information content (AvgIpc) is 1.82. The second-order valence-corrected chi connectivity index (χ2v) is 4.05. The maximum Gasteiger partial charge on any atom is 0.407 e. The van der Waals surface area contributed by atoms with E-state index in [0.717, 1.165) is 0 Å². The van der Waals surface area contributed by atoms with Gasteiger partial charge in [0.05, 0.1) is 5.88 Å². The van der Waals surface area contributed by atoms with E-state index in [4.69, 9.17) is 16.3 Å². The molecule has 0 saturated heterocycles. The summed E-state index contributed by atoms with van der Waals surface area (Å²) < 4.78 is 4.89. The van der Waals surface area contributed by atoms with E-state index in [-0.39, 0.29) is 11.6 Å². The van der Waals surface area contributed by atoms with Crippen molar-refractivity contribution in [1.29, 1.82) is 0 Å². The van der Waals surface area contributed by atoms with Crippen LogP contribution in [-0.4, -0.2) is 23.6 Å². The van der Waals surface area contributed by atoms with Crippen LogP contribution in [-0.2, 0) is 4.74 Å². The maximum atomic E-state index is 11.0. The Morgan fingerprint density at radius 1 is 1.58 bits per heavy atom. The number of hydrogen-bond acceptors (Lipinski definition) is 2. The zero-order chi connectivity index (χ0) is 9.78. The van der Waals surface area contributed by atoms with E-state index in [9.17, 15) is 4.79 Å². The molecular formula is C8H16ClNO2. The van der Waals surface area contributed by atoms with Gasteiger partial charge in [0.1, 0.15) is 6.10 Å². The minimum Gasteiger partial charge on any atom is -0.445 e. The predicted molar refractivity (Wildman–Crippen MR) is 49.6 cm³/mol. The zero-order valence-corrected chi connectivity index (χ0v) is 8.73. The quantitative estimate of drug-likeness (QED) is 0.683. The third-order valence-electron chi connectivity index (χ3n) is 1.00. The van der Waals surface area contributed by atoms with E-state index in [1.165, 1.54) is 0 Å². The molecule has 12 heavy (non-hydrogen) atoms. The largest absolute Gasteiger partial charge is 0.445 e. The Morgan fingerprint density at radius 3 is 2.42 bits per heavy atom. The van der Waals surface area contributed by atoms with Crippen molar-refractivity contribution in [2.24, 2.45) is 0 Å². The fourth-order valence-corrected chi connectivity index (χ4v) is 0.613. The number of ether oxygens (including phenoxy) is 1. The van der Waals surface area contributed by atoms with Crippen LogP contribution in [0.3, 0.4) is 0 Å². The minimum absolute atomic E-state index is 0.242. The van der Waals surface area contributed by atoms with Gasteiger partial charge in [0, 0.05) is 5.54 Å². The summed E-state index contributed by atoms with van der Waals surface area (Å²) in [4.78, 5) is 11.0. The lowest BCUT2D eigenvalue weighted by atomic mass is 10.1. The number of halogens is 1. The van der Waals surface area contributed by atoms with E-state index < -0.39 is 6.09 Å². The Balaban J connectivity index is 3.75. The third-order valence-corrected chi connectivity index (χ3v) is 1.44. The molecule has 0 fully saturated rings. The van der Waals surface area contributed by atoms with Gasteiger partial charge < -0.3 is 10.1 Å². The molecule has 0 spiro atoms. The summed E-state index contributed by atoms with van der Waals surface area (Å²) in [5.74, 6) is 0.317. The number of nitrogens with one attached hydrogen (secondary N) is 1. The van der Waals surface area contributed by atoms with Gasteiger partial charge in [-0.3, -0.25) is 0 Å². The van der Waals surface area contributed by atoms with Crippen LogP contribution in [0.2, 0.25) is 0 Å². The first kappa shape index (κ1) is 11.6. The lowest BCUT2D eigenvalue weighted by Crippen LogP contribution is -2.42. The first-order valence-electron chi connectivity index (χ1n) is 3.90. The smallest absolute Gasteiger partial charge is 0.407 e. The van der Waals surface area contributed by atoms with Gasteiger partial charge in [-0.25, -0.2) is 4.79 Å². The van der Waals surface area contributed by atoms with Crippen molar-refractivity contribution in [1.82, 2.24) is 5.32 Å². The number of alkyl carbamates (subject to hydrolysis) is 1. The molecule has 1 amide bonds. The highest BCUT2D eigenvalue weighted by Crippen LogP contribution is 2.01. The molecule has 0 aliphatic carbocycles. The standard InChI is InChI=1S/C8H16ClNO2/c1-6(5-9)12-7(11)10-8(2,3)4/h6H,5H2,1-4H3,(H,10,11). The molecule has 3 nitrogen and oxygen atoms in total. The van der Waals surface area contributed by atoms with Crippen molar-refractivity contribution in [3.8, 4) is 0 Å². The number of amides is 1. The van der Waals surface area contributed by atoms with E-state index >= 15 is 0 Å². The number of rotatable bonds is 2. The summed E-state index contributed by atoms with van der Waals surface area (Å²) in [7, 11) is 0. The van der Waals surface area contributed by atoms with Crippen molar-refractivity contribution in [3.63, 3.8) is 0 Å². The summed E-state index contributed by atoms with van der Waals surface area (Å²) >= 11 is 5.46. The van der Waals surface area contributed by atoms with E-state index in [1.54, 1.807) is 6.92 Å². The molecule has 0 aromatic carbocycles. The van der Waals surface area contributed by atoms with Gasteiger partial charge >= 0.3 is 6.09 Å².